The third-order valence-corrected chi connectivity index (χ3v) is 3.30. The van der Waals surface area contributed by atoms with Crippen LogP contribution in [0.25, 0.3) is 0 Å². The van der Waals surface area contributed by atoms with Crippen molar-refractivity contribution in [1.29, 1.82) is 5.26 Å². The maximum absolute atomic E-state index is 8.96. The molecule has 0 aliphatic rings. The molecule has 1 heterocycles. The van der Waals surface area contributed by atoms with Crippen molar-refractivity contribution in [3.63, 3.8) is 0 Å². The molecule has 0 fully saturated rings. The summed E-state index contributed by atoms with van der Waals surface area (Å²) in [6, 6.07) is 7.76. The van der Waals surface area contributed by atoms with Crippen molar-refractivity contribution in [2.45, 2.75) is 20.4 Å². The average Bonchev–Trinajstić information content (AvgIpc) is 2.71. The van der Waals surface area contributed by atoms with Gasteiger partial charge in [0.1, 0.15) is 0 Å². The van der Waals surface area contributed by atoms with Gasteiger partial charge in [-0.25, -0.2) is 4.68 Å². The molecular formula is C15H18N4O. The van der Waals surface area contributed by atoms with Crippen molar-refractivity contribution in [2.75, 3.05) is 12.4 Å². The highest BCUT2D eigenvalue weighted by Crippen LogP contribution is 2.23. The number of methoxy groups -OCH3 is 1. The highest BCUT2D eigenvalue weighted by atomic mass is 16.5. The Morgan fingerprint density at radius 1 is 1.40 bits per heavy atom. The van der Waals surface area contributed by atoms with Gasteiger partial charge in [-0.2, -0.15) is 10.4 Å². The summed E-state index contributed by atoms with van der Waals surface area (Å²) in [5.41, 5.74) is 4.66. The van der Waals surface area contributed by atoms with E-state index in [9.17, 15) is 0 Å². The van der Waals surface area contributed by atoms with Crippen LogP contribution in [0.5, 0.6) is 5.88 Å². The maximum atomic E-state index is 8.96. The molecule has 20 heavy (non-hydrogen) atoms. The van der Waals surface area contributed by atoms with E-state index in [0.717, 1.165) is 28.4 Å². The Balaban J connectivity index is 2.23. The summed E-state index contributed by atoms with van der Waals surface area (Å²) in [5, 5.41) is 16.7. The summed E-state index contributed by atoms with van der Waals surface area (Å²) in [4.78, 5) is 0. The number of rotatable bonds is 4. The van der Waals surface area contributed by atoms with Crippen molar-refractivity contribution >= 4 is 5.69 Å². The Labute approximate surface area is 118 Å². The van der Waals surface area contributed by atoms with Gasteiger partial charge in [-0.05, 0) is 31.5 Å². The van der Waals surface area contributed by atoms with E-state index < -0.39 is 0 Å². The van der Waals surface area contributed by atoms with Gasteiger partial charge in [0, 0.05) is 19.3 Å². The molecule has 2 aromatic rings. The van der Waals surface area contributed by atoms with E-state index in [0.29, 0.717) is 12.1 Å². The molecule has 0 radical (unpaired) electrons. The van der Waals surface area contributed by atoms with Crippen LogP contribution in [-0.4, -0.2) is 16.9 Å². The largest absolute Gasteiger partial charge is 0.481 e. The van der Waals surface area contributed by atoms with Crippen molar-refractivity contribution in [3.8, 4) is 11.9 Å². The zero-order valence-electron chi connectivity index (χ0n) is 12.2. The van der Waals surface area contributed by atoms with Gasteiger partial charge in [0.2, 0.25) is 5.88 Å². The van der Waals surface area contributed by atoms with Crippen molar-refractivity contribution in [2.24, 2.45) is 7.05 Å². The van der Waals surface area contributed by atoms with Gasteiger partial charge in [0.15, 0.2) is 0 Å². The number of benzene rings is 1. The molecular weight excluding hydrogens is 252 g/mol. The van der Waals surface area contributed by atoms with E-state index in [1.807, 2.05) is 39.1 Å². The fraction of sp³-hybridized carbons (Fsp3) is 0.333. The molecule has 0 unspecified atom stereocenters. The Hall–Kier alpha value is -2.48. The zero-order chi connectivity index (χ0) is 14.7. The van der Waals surface area contributed by atoms with Crippen LogP contribution in [0.1, 0.15) is 22.4 Å². The summed E-state index contributed by atoms with van der Waals surface area (Å²) in [6.45, 7) is 4.58. The monoisotopic (exact) mass is 270 g/mol. The van der Waals surface area contributed by atoms with Crippen LogP contribution in [0.2, 0.25) is 0 Å². The number of nitrogens with zero attached hydrogens (tertiary/aromatic N) is 3. The molecule has 0 bridgehead atoms. The number of nitriles is 1. The van der Waals surface area contributed by atoms with E-state index in [1.165, 1.54) is 0 Å². The van der Waals surface area contributed by atoms with Gasteiger partial charge in [-0.15, -0.1) is 0 Å². The highest BCUT2D eigenvalue weighted by molar-refractivity contribution is 5.55. The third-order valence-electron chi connectivity index (χ3n) is 3.30. The SMILES string of the molecule is COc1c(CNc2cc(C#N)ccc2C)c(C)nn1C. The third kappa shape index (κ3) is 2.59. The van der Waals surface area contributed by atoms with Crippen LogP contribution in [0, 0.1) is 25.2 Å². The predicted octanol–water partition coefficient (Wildman–Crippen LogP) is 2.53. The Morgan fingerprint density at radius 2 is 2.15 bits per heavy atom. The average molecular weight is 270 g/mol. The van der Waals surface area contributed by atoms with Crippen molar-refractivity contribution < 1.29 is 4.74 Å². The van der Waals surface area contributed by atoms with Crippen LogP contribution < -0.4 is 10.1 Å². The second-order valence-corrected chi connectivity index (χ2v) is 4.69. The van der Waals surface area contributed by atoms with Crippen molar-refractivity contribution in [3.05, 3.63) is 40.6 Å². The summed E-state index contributed by atoms with van der Waals surface area (Å²) in [6.07, 6.45) is 0. The van der Waals surface area contributed by atoms with E-state index in [-0.39, 0.29) is 0 Å². The number of nitrogens with one attached hydrogen (secondary N) is 1. The van der Waals surface area contributed by atoms with Gasteiger partial charge in [-0.1, -0.05) is 6.07 Å². The number of aromatic nitrogens is 2. The number of anilines is 1. The number of ether oxygens (including phenoxy) is 1. The Morgan fingerprint density at radius 3 is 2.80 bits per heavy atom. The molecule has 1 aromatic carbocycles. The molecule has 0 atom stereocenters. The maximum Gasteiger partial charge on any atom is 0.216 e. The van der Waals surface area contributed by atoms with E-state index in [2.05, 4.69) is 16.5 Å². The topological polar surface area (TPSA) is 62.9 Å². The van der Waals surface area contributed by atoms with Crippen LogP contribution in [0.15, 0.2) is 18.2 Å². The molecule has 0 spiro atoms. The van der Waals surface area contributed by atoms with E-state index in [1.54, 1.807) is 11.8 Å². The molecule has 1 aromatic heterocycles. The zero-order valence-corrected chi connectivity index (χ0v) is 12.2. The van der Waals surface area contributed by atoms with Crippen molar-refractivity contribution in [1.82, 2.24) is 9.78 Å². The molecule has 2 rings (SSSR count). The first-order valence-corrected chi connectivity index (χ1v) is 6.38. The number of aryl methyl sites for hydroxylation is 3. The minimum absolute atomic E-state index is 0.610. The van der Waals surface area contributed by atoms with Gasteiger partial charge < -0.3 is 10.1 Å². The molecule has 1 N–H and O–H groups in total. The number of hydrogen-bond donors (Lipinski definition) is 1. The Bertz CT molecular complexity index is 667. The smallest absolute Gasteiger partial charge is 0.216 e. The highest BCUT2D eigenvalue weighted by Gasteiger charge is 2.13. The normalized spacial score (nSPS) is 10.2. The van der Waals surface area contributed by atoms with E-state index in [4.69, 9.17) is 10.00 Å². The lowest BCUT2D eigenvalue weighted by molar-refractivity contribution is 0.370. The summed E-state index contributed by atoms with van der Waals surface area (Å²) in [5.74, 6) is 0.754. The first kappa shape index (κ1) is 13.9. The number of hydrogen-bond acceptors (Lipinski definition) is 4. The molecule has 5 nitrogen and oxygen atoms in total. The molecule has 0 saturated heterocycles. The van der Waals surface area contributed by atoms with Crippen LogP contribution in [0.3, 0.4) is 0 Å². The lowest BCUT2D eigenvalue weighted by Gasteiger charge is -2.11. The van der Waals surface area contributed by atoms with Gasteiger partial charge in [0.05, 0.1) is 30.0 Å². The molecule has 5 heteroatoms. The summed E-state index contributed by atoms with van der Waals surface area (Å²) >= 11 is 0. The molecule has 0 saturated carbocycles. The minimum Gasteiger partial charge on any atom is -0.481 e. The second kappa shape index (κ2) is 5.66. The summed E-state index contributed by atoms with van der Waals surface area (Å²) < 4.78 is 7.10. The fourth-order valence-electron chi connectivity index (χ4n) is 2.21. The molecule has 0 aliphatic carbocycles. The minimum atomic E-state index is 0.610. The lowest BCUT2D eigenvalue weighted by atomic mass is 10.1. The molecule has 0 amide bonds. The van der Waals surface area contributed by atoms with Gasteiger partial charge in [-0.3, -0.25) is 0 Å². The Kier molecular flexibility index (Phi) is 3.94. The summed E-state index contributed by atoms with van der Waals surface area (Å²) in [7, 11) is 3.50. The van der Waals surface area contributed by atoms with Crippen LogP contribution in [-0.2, 0) is 13.6 Å². The first-order chi connectivity index (χ1) is 9.56. The molecule has 0 aliphatic heterocycles. The fourth-order valence-corrected chi connectivity index (χ4v) is 2.21. The van der Waals surface area contributed by atoms with Crippen LogP contribution in [0.4, 0.5) is 5.69 Å². The first-order valence-electron chi connectivity index (χ1n) is 6.38. The quantitative estimate of drug-likeness (QED) is 0.927. The lowest BCUT2D eigenvalue weighted by Crippen LogP contribution is -2.04. The van der Waals surface area contributed by atoms with E-state index >= 15 is 0 Å². The predicted molar refractivity (Wildman–Crippen MR) is 77.7 cm³/mol. The van der Waals surface area contributed by atoms with Crippen LogP contribution >= 0.6 is 0 Å². The standard InChI is InChI=1S/C15H18N4O/c1-10-5-6-12(8-16)7-14(10)17-9-13-11(2)18-19(3)15(13)20-4/h5-7,17H,9H2,1-4H3. The van der Waals surface area contributed by atoms with Gasteiger partial charge in [0.25, 0.3) is 0 Å². The van der Waals surface area contributed by atoms with Gasteiger partial charge >= 0.3 is 0 Å². The molecule has 104 valence electrons. The second-order valence-electron chi connectivity index (χ2n) is 4.69.